The van der Waals surface area contributed by atoms with Crippen molar-refractivity contribution in [3.05, 3.63) is 59.5 Å². The highest BCUT2D eigenvalue weighted by molar-refractivity contribution is 5.96. The van der Waals surface area contributed by atoms with E-state index in [4.69, 9.17) is 4.42 Å². The Labute approximate surface area is 146 Å². The normalized spacial score (nSPS) is 17.3. The largest absolute Gasteiger partial charge is 0.465 e. The Balaban J connectivity index is 1.58. The van der Waals surface area contributed by atoms with E-state index in [1.807, 2.05) is 18.2 Å². The van der Waals surface area contributed by atoms with E-state index in [1.54, 1.807) is 4.90 Å². The van der Waals surface area contributed by atoms with Gasteiger partial charge < -0.3 is 19.4 Å². The number of esters is 1. The molecule has 1 aromatic heterocycles. The van der Waals surface area contributed by atoms with E-state index in [-0.39, 0.29) is 23.3 Å². The third-order valence-corrected chi connectivity index (χ3v) is 4.38. The average molecular weight is 342 g/mol. The van der Waals surface area contributed by atoms with Crippen molar-refractivity contribution in [2.45, 2.75) is 25.4 Å². The minimum atomic E-state index is -0.510. The molecule has 6 heteroatoms. The van der Waals surface area contributed by atoms with Crippen LogP contribution in [0.5, 0.6) is 0 Å². The second-order valence-corrected chi connectivity index (χ2v) is 6.15. The smallest absolute Gasteiger partial charge is 0.341 e. The first-order valence-corrected chi connectivity index (χ1v) is 8.41. The van der Waals surface area contributed by atoms with Gasteiger partial charge in [0.1, 0.15) is 6.26 Å². The summed E-state index contributed by atoms with van der Waals surface area (Å²) < 4.78 is 9.89. The summed E-state index contributed by atoms with van der Waals surface area (Å²) in [4.78, 5) is 25.8. The van der Waals surface area contributed by atoms with Crippen molar-refractivity contribution in [2.24, 2.45) is 0 Å². The molecule has 2 heterocycles. The molecule has 0 aliphatic carbocycles. The molecule has 1 fully saturated rings. The van der Waals surface area contributed by atoms with Gasteiger partial charge in [-0.15, -0.1) is 0 Å². The second-order valence-electron chi connectivity index (χ2n) is 6.15. The molecule has 0 bridgehead atoms. The zero-order valence-electron chi connectivity index (χ0n) is 14.2. The van der Waals surface area contributed by atoms with Crippen LogP contribution in [0.15, 0.2) is 47.1 Å². The van der Waals surface area contributed by atoms with Gasteiger partial charge in [0.05, 0.1) is 12.7 Å². The molecule has 1 N–H and O–H groups in total. The lowest BCUT2D eigenvalue weighted by Gasteiger charge is -2.32. The van der Waals surface area contributed by atoms with Crippen molar-refractivity contribution in [2.75, 3.05) is 20.2 Å². The molecule has 1 aromatic carbocycles. The van der Waals surface area contributed by atoms with Gasteiger partial charge in [0.25, 0.3) is 5.91 Å². The molecule has 1 saturated heterocycles. The number of hydrogen-bond acceptors (Lipinski definition) is 5. The number of methoxy groups -OCH3 is 1. The Morgan fingerprint density at radius 2 is 2.12 bits per heavy atom. The maximum Gasteiger partial charge on any atom is 0.341 e. The van der Waals surface area contributed by atoms with Crippen LogP contribution in [0.25, 0.3) is 0 Å². The number of rotatable bonds is 5. The van der Waals surface area contributed by atoms with E-state index in [9.17, 15) is 9.59 Å². The summed E-state index contributed by atoms with van der Waals surface area (Å²) in [7, 11) is 1.30. The van der Waals surface area contributed by atoms with Gasteiger partial charge in [-0.1, -0.05) is 30.3 Å². The van der Waals surface area contributed by atoms with E-state index in [0.29, 0.717) is 13.1 Å². The van der Waals surface area contributed by atoms with Gasteiger partial charge in [-0.25, -0.2) is 4.79 Å². The van der Waals surface area contributed by atoms with Crippen LogP contribution in [0.2, 0.25) is 0 Å². The van der Waals surface area contributed by atoms with Crippen molar-refractivity contribution in [1.82, 2.24) is 10.2 Å². The SMILES string of the molecule is COC(=O)c1coc(C(=O)N2CCC[C@@H](NCc3ccccc3)C2)c1. The van der Waals surface area contributed by atoms with Gasteiger partial charge in [-0.3, -0.25) is 4.79 Å². The van der Waals surface area contributed by atoms with Crippen molar-refractivity contribution in [1.29, 1.82) is 0 Å². The van der Waals surface area contributed by atoms with Crippen LogP contribution in [0, 0.1) is 0 Å². The number of carbonyl (C=O) groups is 2. The number of piperidine rings is 1. The third-order valence-electron chi connectivity index (χ3n) is 4.38. The van der Waals surface area contributed by atoms with Crippen molar-refractivity contribution < 1.29 is 18.7 Å². The van der Waals surface area contributed by atoms with Crippen molar-refractivity contribution >= 4 is 11.9 Å². The van der Waals surface area contributed by atoms with Crippen LogP contribution in [0.1, 0.15) is 39.3 Å². The highest BCUT2D eigenvalue weighted by atomic mass is 16.5. The molecular weight excluding hydrogens is 320 g/mol. The number of furan rings is 1. The van der Waals surface area contributed by atoms with Gasteiger partial charge in [-0.2, -0.15) is 0 Å². The minimum Gasteiger partial charge on any atom is -0.465 e. The monoisotopic (exact) mass is 342 g/mol. The number of hydrogen-bond donors (Lipinski definition) is 1. The lowest BCUT2D eigenvalue weighted by atomic mass is 10.0. The lowest BCUT2D eigenvalue weighted by Crippen LogP contribution is -2.47. The van der Waals surface area contributed by atoms with Crippen LogP contribution >= 0.6 is 0 Å². The summed E-state index contributed by atoms with van der Waals surface area (Å²) in [6.45, 7) is 2.09. The highest BCUT2D eigenvalue weighted by Crippen LogP contribution is 2.17. The maximum absolute atomic E-state index is 12.6. The van der Waals surface area contributed by atoms with Crippen molar-refractivity contribution in [3.63, 3.8) is 0 Å². The van der Waals surface area contributed by atoms with E-state index in [0.717, 1.165) is 19.4 Å². The molecule has 1 amide bonds. The summed E-state index contributed by atoms with van der Waals surface area (Å²) in [5, 5.41) is 3.51. The van der Waals surface area contributed by atoms with Crippen LogP contribution < -0.4 is 5.32 Å². The first-order chi connectivity index (χ1) is 12.2. The maximum atomic E-state index is 12.6. The number of amides is 1. The molecule has 3 rings (SSSR count). The quantitative estimate of drug-likeness (QED) is 0.845. The Hall–Kier alpha value is -2.60. The van der Waals surface area contributed by atoms with Crippen LogP contribution in [0.4, 0.5) is 0 Å². The second kappa shape index (κ2) is 7.98. The fourth-order valence-electron chi connectivity index (χ4n) is 3.02. The topological polar surface area (TPSA) is 71.8 Å². The van der Waals surface area contributed by atoms with Gasteiger partial charge in [-0.05, 0) is 18.4 Å². The first-order valence-electron chi connectivity index (χ1n) is 8.41. The summed E-state index contributed by atoms with van der Waals surface area (Å²) >= 11 is 0. The van der Waals surface area contributed by atoms with Gasteiger partial charge >= 0.3 is 5.97 Å². The first kappa shape index (κ1) is 17.2. The molecule has 1 aliphatic heterocycles. The van der Waals surface area contributed by atoms with Gasteiger partial charge in [0, 0.05) is 31.7 Å². The minimum absolute atomic E-state index is 0.170. The fraction of sp³-hybridized carbons (Fsp3) is 0.368. The summed E-state index contributed by atoms with van der Waals surface area (Å²) in [6.07, 6.45) is 3.22. The number of benzene rings is 1. The Morgan fingerprint density at radius 3 is 2.88 bits per heavy atom. The van der Waals surface area contributed by atoms with Crippen LogP contribution in [-0.4, -0.2) is 43.0 Å². The molecule has 1 atom stereocenters. The molecule has 6 nitrogen and oxygen atoms in total. The number of nitrogens with zero attached hydrogens (tertiary/aromatic N) is 1. The Bertz CT molecular complexity index is 726. The summed E-state index contributed by atoms with van der Waals surface area (Å²) in [5.74, 6) is -0.533. The molecule has 2 aromatic rings. The lowest BCUT2D eigenvalue weighted by molar-refractivity contribution is 0.0599. The molecular formula is C19H22N2O4. The summed E-state index contributed by atoms with van der Waals surface area (Å²) in [6, 6.07) is 11.9. The average Bonchev–Trinajstić information content (AvgIpc) is 3.16. The van der Waals surface area contributed by atoms with E-state index in [1.165, 1.54) is 25.0 Å². The molecule has 1 aliphatic rings. The predicted molar refractivity (Wildman–Crippen MR) is 92.3 cm³/mol. The molecule has 0 spiro atoms. The van der Waals surface area contributed by atoms with E-state index < -0.39 is 5.97 Å². The van der Waals surface area contributed by atoms with Gasteiger partial charge in [0.2, 0.25) is 0 Å². The van der Waals surface area contributed by atoms with E-state index >= 15 is 0 Å². The van der Waals surface area contributed by atoms with Crippen LogP contribution in [0.3, 0.4) is 0 Å². The number of nitrogens with one attached hydrogen (secondary N) is 1. The molecule has 132 valence electrons. The molecule has 25 heavy (non-hydrogen) atoms. The summed E-state index contributed by atoms with van der Waals surface area (Å²) in [5.41, 5.74) is 1.47. The highest BCUT2D eigenvalue weighted by Gasteiger charge is 2.26. The zero-order valence-corrected chi connectivity index (χ0v) is 14.2. The fourth-order valence-corrected chi connectivity index (χ4v) is 3.02. The van der Waals surface area contributed by atoms with Gasteiger partial charge in [0.15, 0.2) is 5.76 Å². The molecule has 0 unspecified atom stereocenters. The molecule has 0 saturated carbocycles. The number of ether oxygens (including phenoxy) is 1. The zero-order chi connectivity index (χ0) is 17.6. The number of likely N-dealkylation sites (tertiary alicyclic amines) is 1. The van der Waals surface area contributed by atoms with Crippen molar-refractivity contribution in [3.8, 4) is 0 Å². The Kier molecular flexibility index (Phi) is 5.50. The third kappa shape index (κ3) is 4.28. The molecule has 0 radical (unpaired) electrons. The standard InChI is InChI=1S/C19H22N2O4/c1-24-19(23)15-10-17(25-13-15)18(22)21-9-5-8-16(12-21)20-11-14-6-3-2-4-7-14/h2-4,6-7,10,13,16,20H,5,8-9,11-12H2,1H3/t16-/m1/s1. The number of carbonyl (C=O) groups excluding carboxylic acids is 2. The van der Waals surface area contributed by atoms with Crippen LogP contribution in [-0.2, 0) is 11.3 Å². The Morgan fingerprint density at radius 1 is 1.32 bits per heavy atom. The van der Waals surface area contributed by atoms with E-state index in [2.05, 4.69) is 22.2 Å². The predicted octanol–water partition coefficient (Wildman–Crippen LogP) is 2.46.